The summed E-state index contributed by atoms with van der Waals surface area (Å²) < 4.78 is 19.4. The normalized spacial score (nSPS) is 11.3. The van der Waals surface area contributed by atoms with Gasteiger partial charge in [-0.15, -0.1) is 0 Å². The van der Waals surface area contributed by atoms with Gasteiger partial charge >= 0.3 is 5.97 Å². The number of hydrogen-bond donors (Lipinski definition) is 0. The molecule has 108 valence electrons. The van der Waals surface area contributed by atoms with Crippen molar-refractivity contribution in [3.8, 4) is 0 Å². The number of halogens is 2. The van der Waals surface area contributed by atoms with Crippen molar-refractivity contribution >= 4 is 27.7 Å². The summed E-state index contributed by atoms with van der Waals surface area (Å²) >= 11 is 3.22. The third kappa shape index (κ3) is 4.00. The summed E-state index contributed by atoms with van der Waals surface area (Å²) in [6.07, 6.45) is 1.49. The lowest BCUT2D eigenvalue weighted by atomic mass is 10.0. The van der Waals surface area contributed by atoms with Gasteiger partial charge in [-0.3, -0.25) is 4.79 Å². The number of rotatable bonds is 5. The van der Waals surface area contributed by atoms with Crippen LogP contribution in [0.15, 0.2) is 28.3 Å². The molecular formula is C15H16BrFO3. The molecule has 20 heavy (non-hydrogen) atoms. The Morgan fingerprint density at radius 2 is 2.00 bits per heavy atom. The highest BCUT2D eigenvalue weighted by atomic mass is 79.9. The number of aryl methyl sites for hydroxylation is 1. The van der Waals surface area contributed by atoms with Gasteiger partial charge in [0.15, 0.2) is 5.78 Å². The molecule has 0 bridgehead atoms. The monoisotopic (exact) mass is 342 g/mol. The molecule has 0 N–H and O–H groups in total. The van der Waals surface area contributed by atoms with Gasteiger partial charge < -0.3 is 4.74 Å². The summed E-state index contributed by atoms with van der Waals surface area (Å²) in [6.45, 7) is 5.23. The van der Waals surface area contributed by atoms with Crippen LogP contribution in [0.5, 0.6) is 0 Å². The van der Waals surface area contributed by atoms with Crippen LogP contribution in [0.4, 0.5) is 4.39 Å². The van der Waals surface area contributed by atoms with Gasteiger partial charge in [0, 0.05) is 10.0 Å². The second-order valence-corrected chi connectivity index (χ2v) is 5.11. The van der Waals surface area contributed by atoms with E-state index in [1.807, 2.05) is 0 Å². The van der Waals surface area contributed by atoms with E-state index in [-0.39, 0.29) is 17.7 Å². The zero-order valence-electron chi connectivity index (χ0n) is 11.6. The Morgan fingerprint density at radius 3 is 2.55 bits per heavy atom. The molecule has 0 radical (unpaired) electrons. The summed E-state index contributed by atoms with van der Waals surface area (Å²) in [7, 11) is 0. The highest BCUT2D eigenvalue weighted by Crippen LogP contribution is 2.21. The van der Waals surface area contributed by atoms with E-state index in [2.05, 4.69) is 15.9 Å². The van der Waals surface area contributed by atoms with Crippen molar-refractivity contribution in [2.24, 2.45) is 0 Å². The first kappa shape index (κ1) is 16.6. The van der Waals surface area contributed by atoms with E-state index in [4.69, 9.17) is 4.74 Å². The molecule has 0 aliphatic rings. The first-order chi connectivity index (χ1) is 9.40. The first-order valence-corrected chi connectivity index (χ1v) is 7.07. The molecule has 0 amide bonds. The van der Waals surface area contributed by atoms with Crippen LogP contribution in [0.2, 0.25) is 0 Å². The maximum absolute atomic E-state index is 13.9. The van der Waals surface area contributed by atoms with E-state index in [1.54, 1.807) is 26.8 Å². The van der Waals surface area contributed by atoms with E-state index < -0.39 is 17.6 Å². The number of allylic oxidation sites excluding steroid dienone is 1. The molecule has 5 heteroatoms. The van der Waals surface area contributed by atoms with Crippen LogP contribution in [0, 0.1) is 12.7 Å². The summed E-state index contributed by atoms with van der Waals surface area (Å²) in [5.41, 5.74) is 0.534. The van der Waals surface area contributed by atoms with E-state index in [0.29, 0.717) is 16.5 Å². The minimum absolute atomic E-state index is 0.0628. The van der Waals surface area contributed by atoms with Crippen LogP contribution in [0.3, 0.4) is 0 Å². The molecule has 1 aromatic carbocycles. The molecule has 3 nitrogen and oxygen atoms in total. The molecule has 0 spiro atoms. The topological polar surface area (TPSA) is 43.4 Å². The largest absolute Gasteiger partial charge is 0.463 e. The average molecular weight is 343 g/mol. The highest BCUT2D eigenvalue weighted by molar-refractivity contribution is 9.10. The third-order valence-electron chi connectivity index (χ3n) is 2.71. The first-order valence-electron chi connectivity index (χ1n) is 6.28. The molecule has 0 atom stereocenters. The van der Waals surface area contributed by atoms with Crippen molar-refractivity contribution in [1.82, 2.24) is 0 Å². The van der Waals surface area contributed by atoms with E-state index in [9.17, 15) is 14.0 Å². The van der Waals surface area contributed by atoms with Gasteiger partial charge in [0.25, 0.3) is 0 Å². The molecule has 0 aliphatic carbocycles. The predicted octanol–water partition coefficient (Wildman–Crippen LogP) is 3.98. The number of esters is 1. The number of ether oxygens (including phenoxy) is 1. The summed E-state index contributed by atoms with van der Waals surface area (Å²) in [5, 5.41) is 0. The van der Waals surface area contributed by atoms with Gasteiger partial charge in [-0.05, 0) is 44.0 Å². The average Bonchev–Trinajstić information content (AvgIpc) is 2.39. The summed E-state index contributed by atoms with van der Waals surface area (Å²) in [6, 6.07) is 2.99. The maximum atomic E-state index is 13.9. The van der Waals surface area contributed by atoms with Gasteiger partial charge in [0.2, 0.25) is 0 Å². The number of ketones is 1. The van der Waals surface area contributed by atoms with Crippen LogP contribution in [-0.2, 0) is 9.53 Å². The van der Waals surface area contributed by atoms with Crippen LogP contribution >= 0.6 is 15.9 Å². The fourth-order valence-electron chi connectivity index (χ4n) is 1.67. The van der Waals surface area contributed by atoms with Gasteiger partial charge in [-0.2, -0.15) is 0 Å². The number of hydrogen-bond acceptors (Lipinski definition) is 3. The Bertz CT molecular complexity index is 564. The molecule has 0 fully saturated rings. The molecule has 0 unspecified atom stereocenters. The van der Waals surface area contributed by atoms with Crippen LogP contribution < -0.4 is 0 Å². The minimum atomic E-state index is -0.575. The second-order valence-electron chi connectivity index (χ2n) is 4.19. The Balaban J connectivity index is 3.15. The molecular weight excluding hydrogens is 327 g/mol. The van der Waals surface area contributed by atoms with Crippen LogP contribution in [0.25, 0.3) is 0 Å². The van der Waals surface area contributed by atoms with Gasteiger partial charge in [0.1, 0.15) is 5.82 Å². The van der Waals surface area contributed by atoms with Crippen molar-refractivity contribution < 1.29 is 18.7 Å². The van der Waals surface area contributed by atoms with Crippen LogP contribution in [0.1, 0.15) is 36.2 Å². The fraction of sp³-hybridized carbons (Fsp3) is 0.333. The lowest BCUT2D eigenvalue weighted by molar-refractivity contribution is -0.138. The third-order valence-corrected chi connectivity index (χ3v) is 3.17. The van der Waals surface area contributed by atoms with Gasteiger partial charge in [0.05, 0.1) is 12.2 Å². The lowest BCUT2D eigenvalue weighted by Crippen LogP contribution is -2.10. The standard InChI is InChI=1S/C15H16BrFO3/c1-4-10(15(19)20-5-2)7-13(18)12-8-11(16)6-9(3)14(12)17/h6-8H,4-5H2,1-3H3/b10-7+. The Morgan fingerprint density at radius 1 is 1.35 bits per heavy atom. The lowest BCUT2D eigenvalue weighted by Gasteiger charge is -2.06. The minimum Gasteiger partial charge on any atom is -0.463 e. The van der Waals surface area contributed by atoms with Gasteiger partial charge in [-0.1, -0.05) is 22.9 Å². The highest BCUT2D eigenvalue weighted by Gasteiger charge is 2.16. The number of carbonyl (C=O) groups excluding carboxylic acids is 2. The van der Waals surface area contributed by atoms with Crippen LogP contribution in [-0.4, -0.2) is 18.4 Å². The molecule has 0 saturated heterocycles. The Labute approximate surface area is 125 Å². The Hall–Kier alpha value is -1.49. The summed E-state index contributed by atoms with van der Waals surface area (Å²) in [4.78, 5) is 23.7. The smallest absolute Gasteiger partial charge is 0.334 e. The summed E-state index contributed by atoms with van der Waals surface area (Å²) in [5.74, 6) is -1.67. The number of benzene rings is 1. The van der Waals surface area contributed by atoms with Crippen molar-refractivity contribution in [2.45, 2.75) is 27.2 Å². The fourth-order valence-corrected chi connectivity index (χ4v) is 2.24. The quantitative estimate of drug-likeness (QED) is 0.461. The zero-order valence-corrected chi connectivity index (χ0v) is 13.2. The van der Waals surface area contributed by atoms with Gasteiger partial charge in [-0.25, -0.2) is 9.18 Å². The van der Waals surface area contributed by atoms with Crippen molar-refractivity contribution in [3.63, 3.8) is 0 Å². The maximum Gasteiger partial charge on any atom is 0.334 e. The van der Waals surface area contributed by atoms with Crippen molar-refractivity contribution in [1.29, 1.82) is 0 Å². The van der Waals surface area contributed by atoms with E-state index in [1.165, 1.54) is 6.07 Å². The second kappa shape index (κ2) is 7.33. The molecule has 1 rings (SSSR count). The van der Waals surface area contributed by atoms with E-state index in [0.717, 1.165) is 6.08 Å². The molecule has 0 aromatic heterocycles. The Kier molecular flexibility index (Phi) is 6.07. The predicted molar refractivity (Wildman–Crippen MR) is 78.2 cm³/mol. The van der Waals surface area contributed by atoms with Crippen molar-refractivity contribution in [3.05, 3.63) is 45.2 Å². The van der Waals surface area contributed by atoms with Crippen molar-refractivity contribution in [2.75, 3.05) is 6.61 Å². The zero-order chi connectivity index (χ0) is 15.3. The SMILES string of the molecule is CCOC(=O)/C(=C/C(=O)c1cc(Br)cc(C)c1F)CC. The molecule has 1 aromatic rings. The molecule has 0 saturated carbocycles. The molecule has 0 aliphatic heterocycles. The number of carbonyl (C=O) groups is 2. The van der Waals surface area contributed by atoms with E-state index >= 15 is 0 Å². The molecule has 0 heterocycles.